The van der Waals surface area contributed by atoms with Crippen molar-refractivity contribution in [3.05, 3.63) is 29.8 Å². The lowest BCUT2D eigenvalue weighted by Gasteiger charge is -2.11. The zero-order valence-electron chi connectivity index (χ0n) is 12.2. The summed E-state index contributed by atoms with van der Waals surface area (Å²) in [5.41, 5.74) is 2.00. The van der Waals surface area contributed by atoms with Gasteiger partial charge in [-0.25, -0.2) is 0 Å². The molecular weight excluding hydrogens is 252 g/mol. The summed E-state index contributed by atoms with van der Waals surface area (Å²) in [4.78, 5) is 11.1. The number of nitrogens with one attached hydrogen (secondary N) is 2. The Morgan fingerprint density at radius 2 is 2.15 bits per heavy atom. The third-order valence-electron chi connectivity index (χ3n) is 3.34. The Balaban J connectivity index is 1.61. The largest absolute Gasteiger partial charge is 0.381 e. The second-order valence-corrected chi connectivity index (χ2v) is 5.39. The van der Waals surface area contributed by atoms with Gasteiger partial charge in [-0.05, 0) is 43.4 Å². The molecule has 1 saturated carbocycles. The highest BCUT2D eigenvalue weighted by Crippen LogP contribution is 2.28. The van der Waals surface area contributed by atoms with Gasteiger partial charge in [-0.1, -0.05) is 18.2 Å². The number of ether oxygens (including phenoxy) is 1. The summed E-state index contributed by atoms with van der Waals surface area (Å²) in [7, 11) is 0. The molecule has 0 aliphatic heterocycles. The van der Waals surface area contributed by atoms with E-state index in [0.29, 0.717) is 0 Å². The minimum Gasteiger partial charge on any atom is -0.381 e. The zero-order chi connectivity index (χ0) is 14.2. The van der Waals surface area contributed by atoms with Gasteiger partial charge in [-0.3, -0.25) is 4.79 Å². The second-order valence-electron chi connectivity index (χ2n) is 5.39. The summed E-state index contributed by atoms with van der Waals surface area (Å²) in [5.74, 6) is 0.804. The van der Waals surface area contributed by atoms with Crippen molar-refractivity contribution in [2.75, 3.05) is 25.1 Å². The normalized spacial score (nSPS) is 14.2. The van der Waals surface area contributed by atoms with Crippen molar-refractivity contribution in [2.45, 2.75) is 32.7 Å². The van der Waals surface area contributed by atoms with E-state index in [1.54, 1.807) is 0 Å². The third kappa shape index (κ3) is 5.72. The molecule has 0 aromatic heterocycles. The molecule has 0 bridgehead atoms. The number of para-hydroxylation sites is 1. The molecule has 1 aromatic carbocycles. The standard InChI is InChI=1S/C16H24N2O2/c1-13(19)18-16-6-3-2-5-15(16)11-17-9-4-10-20-12-14-7-8-14/h2-3,5-6,14,17H,4,7-12H2,1H3,(H,18,19). The van der Waals surface area contributed by atoms with Gasteiger partial charge in [-0.15, -0.1) is 0 Å². The van der Waals surface area contributed by atoms with Crippen LogP contribution < -0.4 is 10.6 Å². The van der Waals surface area contributed by atoms with E-state index >= 15 is 0 Å². The van der Waals surface area contributed by atoms with Crippen LogP contribution in [0.2, 0.25) is 0 Å². The summed E-state index contributed by atoms with van der Waals surface area (Å²) in [6, 6.07) is 7.88. The van der Waals surface area contributed by atoms with Crippen LogP contribution in [0.5, 0.6) is 0 Å². The first-order valence-corrected chi connectivity index (χ1v) is 7.39. The molecule has 2 N–H and O–H groups in total. The van der Waals surface area contributed by atoms with Gasteiger partial charge in [0.15, 0.2) is 0 Å². The first kappa shape index (κ1) is 15.0. The lowest BCUT2D eigenvalue weighted by molar-refractivity contribution is -0.114. The molecule has 1 aromatic rings. The quantitative estimate of drug-likeness (QED) is 0.682. The zero-order valence-corrected chi connectivity index (χ0v) is 12.2. The van der Waals surface area contributed by atoms with Crippen LogP contribution >= 0.6 is 0 Å². The Kier molecular flexibility index (Phi) is 6.02. The molecule has 0 saturated heterocycles. The van der Waals surface area contributed by atoms with E-state index in [-0.39, 0.29) is 5.91 Å². The number of rotatable bonds is 9. The molecule has 4 heteroatoms. The van der Waals surface area contributed by atoms with Crippen molar-refractivity contribution in [3.8, 4) is 0 Å². The molecular formula is C16H24N2O2. The van der Waals surface area contributed by atoms with Gasteiger partial charge < -0.3 is 15.4 Å². The molecule has 0 atom stereocenters. The Morgan fingerprint density at radius 3 is 2.90 bits per heavy atom. The van der Waals surface area contributed by atoms with Crippen molar-refractivity contribution in [2.24, 2.45) is 5.92 Å². The molecule has 0 spiro atoms. The first-order chi connectivity index (χ1) is 9.75. The van der Waals surface area contributed by atoms with E-state index in [1.807, 2.05) is 24.3 Å². The molecule has 1 aliphatic carbocycles. The highest BCUT2D eigenvalue weighted by molar-refractivity contribution is 5.89. The number of hydrogen-bond donors (Lipinski definition) is 2. The van der Waals surface area contributed by atoms with Crippen LogP contribution in [0.25, 0.3) is 0 Å². The van der Waals surface area contributed by atoms with E-state index in [2.05, 4.69) is 10.6 Å². The molecule has 1 aliphatic rings. The Bertz CT molecular complexity index is 430. The van der Waals surface area contributed by atoms with Gasteiger partial charge in [0.2, 0.25) is 5.91 Å². The Hall–Kier alpha value is -1.39. The fraction of sp³-hybridized carbons (Fsp3) is 0.562. The monoisotopic (exact) mass is 276 g/mol. The average Bonchev–Trinajstić information content (AvgIpc) is 3.23. The number of hydrogen-bond acceptors (Lipinski definition) is 3. The van der Waals surface area contributed by atoms with Crippen LogP contribution in [0.15, 0.2) is 24.3 Å². The van der Waals surface area contributed by atoms with Crippen molar-refractivity contribution in [1.82, 2.24) is 5.32 Å². The van der Waals surface area contributed by atoms with E-state index in [1.165, 1.54) is 19.8 Å². The molecule has 1 amide bonds. The van der Waals surface area contributed by atoms with Crippen molar-refractivity contribution >= 4 is 11.6 Å². The lowest BCUT2D eigenvalue weighted by atomic mass is 10.1. The summed E-state index contributed by atoms with van der Waals surface area (Å²) in [5, 5.41) is 6.24. The van der Waals surface area contributed by atoms with Gasteiger partial charge in [0.25, 0.3) is 0 Å². The summed E-state index contributed by atoms with van der Waals surface area (Å²) in [6.07, 6.45) is 3.71. The van der Waals surface area contributed by atoms with Crippen LogP contribution in [0.1, 0.15) is 31.7 Å². The smallest absolute Gasteiger partial charge is 0.221 e. The molecule has 110 valence electrons. The van der Waals surface area contributed by atoms with E-state index in [0.717, 1.165) is 49.9 Å². The van der Waals surface area contributed by atoms with E-state index in [9.17, 15) is 4.79 Å². The number of benzene rings is 1. The van der Waals surface area contributed by atoms with Gasteiger partial charge in [0.05, 0.1) is 0 Å². The minimum absolute atomic E-state index is 0.0362. The van der Waals surface area contributed by atoms with Crippen LogP contribution in [0.4, 0.5) is 5.69 Å². The van der Waals surface area contributed by atoms with Crippen molar-refractivity contribution in [1.29, 1.82) is 0 Å². The van der Waals surface area contributed by atoms with Crippen LogP contribution in [-0.4, -0.2) is 25.7 Å². The molecule has 20 heavy (non-hydrogen) atoms. The second kappa shape index (κ2) is 8.02. The fourth-order valence-electron chi connectivity index (χ4n) is 2.04. The van der Waals surface area contributed by atoms with Crippen molar-refractivity contribution in [3.63, 3.8) is 0 Å². The van der Waals surface area contributed by atoms with Crippen LogP contribution in [0, 0.1) is 5.92 Å². The Morgan fingerprint density at radius 1 is 1.35 bits per heavy atom. The summed E-state index contributed by atoms with van der Waals surface area (Å²) < 4.78 is 5.59. The molecule has 1 fully saturated rings. The maximum absolute atomic E-state index is 11.1. The number of carbonyl (C=O) groups excluding carboxylic acids is 1. The predicted molar refractivity (Wildman–Crippen MR) is 80.6 cm³/mol. The summed E-state index contributed by atoms with van der Waals surface area (Å²) >= 11 is 0. The Labute approximate surface area is 120 Å². The highest BCUT2D eigenvalue weighted by atomic mass is 16.5. The molecule has 0 unspecified atom stereocenters. The maximum Gasteiger partial charge on any atom is 0.221 e. The molecule has 0 radical (unpaired) electrons. The number of amides is 1. The maximum atomic E-state index is 11.1. The first-order valence-electron chi connectivity index (χ1n) is 7.39. The molecule has 0 heterocycles. The fourth-order valence-corrected chi connectivity index (χ4v) is 2.04. The molecule has 4 nitrogen and oxygen atoms in total. The topological polar surface area (TPSA) is 50.4 Å². The predicted octanol–water partition coefficient (Wildman–Crippen LogP) is 2.55. The van der Waals surface area contributed by atoms with Gasteiger partial charge in [0.1, 0.15) is 0 Å². The number of anilines is 1. The van der Waals surface area contributed by atoms with Gasteiger partial charge in [0, 0.05) is 32.4 Å². The summed E-state index contributed by atoms with van der Waals surface area (Å²) in [6.45, 7) is 4.99. The highest BCUT2D eigenvalue weighted by Gasteiger charge is 2.20. The minimum atomic E-state index is -0.0362. The van der Waals surface area contributed by atoms with Crippen LogP contribution in [0.3, 0.4) is 0 Å². The van der Waals surface area contributed by atoms with Gasteiger partial charge >= 0.3 is 0 Å². The third-order valence-corrected chi connectivity index (χ3v) is 3.34. The average molecular weight is 276 g/mol. The lowest BCUT2D eigenvalue weighted by Crippen LogP contribution is -2.18. The SMILES string of the molecule is CC(=O)Nc1ccccc1CNCCCOCC1CC1. The molecule has 2 rings (SSSR count). The number of carbonyl (C=O) groups is 1. The van der Waals surface area contributed by atoms with E-state index in [4.69, 9.17) is 4.74 Å². The van der Waals surface area contributed by atoms with Crippen LogP contribution in [-0.2, 0) is 16.1 Å². The van der Waals surface area contributed by atoms with Crippen molar-refractivity contribution < 1.29 is 9.53 Å². The van der Waals surface area contributed by atoms with Gasteiger partial charge in [-0.2, -0.15) is 0 Å². The van der Waals surface area contributed by atoms with E-state index < -0.39 is 0 Å².